The van der Waals surface area contributed by atoms with Gasteiger partial charge in [-0.3, -0.25) is 9.59 Å². The van der Waals surface area contributed by atoms with E-state index in [9.17, 15) is 18.4 Å². The van der Waals surface area contributed by atoms with E-state index in [2.05, 4.69) is 0 Å². The highest BCUT2D eigenvalue weighted by Crippen LogP contribution is 2.36. The summed E-state index contributed by atoms with van der Waals surface area (Å²) in [6.07, 6.45) is -0.405. The summed E-state index contributed by atoms with van der Waals surface area (Å²) in [4.78, 5) is 24.4. The molecule has 0 unspecified atom stereocenters. The molecule has 0 radical (unpaired) electrons. The lowest BCUT2D eigenvalue weighted by molar-refractivity contribution is -0.136. The van der Waals surface area contributed by atoms with Crippen molar-refractivity contribution in [3.05, 3.63) is 76.2 Å². The highest BCUT2D eigenvalue weighted by Gasteiger charge is 2.21. The Balaban J connectivity index is 2.06. The van der Waals surface area contributed by atoms with Gasteiger partial charge in [0.1, 0.15) is 5.75 Å². The maximum atomic E-state index is 14.2. The average molecular weight is 388 g/mol. The van der Waals surface area contributed by atoms with Gasteiger partial charge in [-0.05, 0) is 42.0 Å². The highest BCUT2D eigenvalue weighted by atomic mass is 32.1. The van der Waals surface area contributed by atoms with E-state index in [0.717, 1.165) is 17.4 Å². The number of carboxylic acids is 1. The van der Waals surface area contributed by atoms with Crippen LogP contribution in [0.2, 0.25) is 0 Å². The van der Waals surface area contributed by atoms with Crippen molar-refractivity contribution in [3.8, 4) is 16.2 Å². The van der Waals surface area contributed by atoms with E-state index in [-0.39, 0.29) is 26.7 Å². The first kappa shape index (κ1) is 18.7. The van der Waals surface area contributed by atoms with Crippen LogP contribution in [0.15, 0.2) is 48.5 Å². The molecule has 27 heavy (non-hydrogen) atoms. The van der Waals surface area contributed by atoms with Crippen molar-refractivity contribution in [2.24, 2.45) is 0 Å². The number of carbonyl (C=O) groups excluding carboxylic acids is 1. The minimum Gasteiger partial charge on any atom is -0.497 e. The second-order valence-electron chi connectivity index (χ2n) is 5.69. The molecule has 0 atom stereocenters. The molecule has 1 aromatic heterocycles. The fourth-order valence-corrected chi connectivity index (χ4v) is 3.79. The van der Waals surface area contributed by atoms with Crippen molar-refractivity contribution in [2.45, 2.75) is 6.42 Å². The van der Waals surface area contributed by atoms with Crippen LogP contribution < -0.4 is 4.74 Å². The third-order valence-corrected chi connectivity index (χ3v) is 5.13. The zero-order valence-corrected chi connectivity index (χ0v) is 15.0. The van der Waals surface area contributed by atoms with Gasteiger partial charge in [0, 0.05) is 16.0 Å². The predicted molar refractivity (Wildman–Crippen MR) is 97.4 cm³/mol. The van der Waals surface area contributed by atoms with Gasteiger partial charge in [-0.2, -0.15) is 0 Å². The van der Waals surface area contributed by atoms with E-state index < -0.39 is 24.0 Å². The van der Waals surface area contributed by atoms with Gasteiger partial charge in [0.2, 0.25) is 5.78 Å². The van der Waals surface area contributed by atoms with Crippen molar-refractivity contribution in [1.29, 1.82) is 0 Å². The number of carbonyl (C=O) groups is 2. The zero-order chi connectivity index (χ0) is 19.6. The number of carboxylic acid groups (broad SMARTS) is 1. The molecule has 4 nitrogen and oxygen atoms in total. The zero-order valence-electron chi connectivity index (χ0n) is 14.2. The van der Waals surface area contributed by atoms with Gasteiger partial charge in [-0.25, -0.2) is 8.78 Å². The fourth-order valence-electron chi connectivity index (χ4n) is 2.63. The quantitative estimate of drug-likeness (QED) is 0.629. The summed E-state index contributed by atoms with van der Waals surface area (Å²) < 4.78 is 32.9. The Morgan fingerprint density at radius 3 is 2.44 bits per heavy atom. The molecule has 138 valence electrons. The minimum absolute atomic E-state index is 0.0648. The first-order valence-electron chi connectivity index (χ1n) is 7.88. The Labute approximate surface area is 157 Å². The Kier molecular flexibility index (Phi) is 5.32. The van der Waals surface area contributed by atoms with Crippen LogP contribution in [0.25, 0.3) is 10.4 Å². The topological polar surface area (TPSA) is 63.6 Å². The molecule has 0 saturated carbocycles. The molecule has 3 aromatic rings. The number of thiophene rings is 1. The van der Waals surface area contributed by atoms with Crippen molar-refractivity contribution >= 4 is 23.1 Å². The third kappa shape index (κ3) is 3.88. The standard InChI is InChI=1S/C20H14F2O4S/c1-26-13-7-5-11(6-8-13)19(25)16-9-12(10-17(23)24)20(27-16)14-3-2-4-15(21)18(14)22/h2-9H,10H2,1H3,(H,23,24). The molecular weight excluding hydrogens is 374 g/mol. The number of rotatable bonds is 6. The molecule has 0 aliphatic rings. The van der Waals surface area contributed by atoms with Crippen molar-refractivity contribution < 1.29 is 28.2 Å². The van der Waals surface area contributed by atoms with Crippen LogP contribution in [-0.2, 0) is 11.2 Å². The Hall–Kier alpha value is -3.06. The minimum atomic E-state index is -1.13. The first-order valence-corrected chi connectivity index (χ1v) is 8.70. The van der Waals surface area contributed by atoms with Gasteiger partial charge in [0.25, 0.3) is 0 Å². The van der Waals surface area contributed by atoms with Gasteiger partial charge >= 0.3 is 5.97 Å². The molecule has 0 fully saturated rings. The summed E-state index contributed by atoms with van der Waals surface area (Å²) in [6.45, 7) is 0. The monoisotopic (exact) mass is 388 g/mol. The molecule has 7 heteroatoms. The van der Waals surface area contributed by atoms with E-state index in [4.69, 9.17) is 9.84 Å². The van der Waals surface area contributed by atoms with Crippen LogP contribution in [0.5, 0.6) is 5.75 Å². The molecule has 1 heterocycles. The predicted octanol–water partition coefficient (Wildman–Crippen LogP) is 4.56. The number of halogens is 2. The van der Waals surface area contributed by atoms with Gasteiger partial charge < -0.3 is 9.84 Å². The van der Waals surface area contributed by atoms with Gasteiger partial charge in [-0.1, -0.05) is 12.1 Å². The molecule has 0 amide bonds. The summed E-state index contributed by atoms with van der Waals surface area (Å²) in [6, 6.07) is 11.5. The second-order valence-corrected chi connectivity index (χ2v) is 6.75. The lowest BCUT2D eigenvalue weighted by Crippen LogP contribution is -2.01. The number of hydrogen-bond acceptors (Lipinski definition) is 4. The molecule has 0 aliphatic heterocycles. The normalized spacial score (nSPS) is 10.6. The number of benzene rings is 2. The number of hydrogen-bond donors (Lipinski definition) is 1. The lowest BCUT2D eigenvalue weighted by atomic mass is 10.0. The maximum absolute atomic E-state index is 14.2. The highest BCUT2D eigenvalue weighted by molar-refractivity contribution is 7.17. The van der Waals surface area contributed by atoms with Crippen LogP contribution in [0.1, 0.15) is 20.8 Å². The van der Waals surface area contributed by atoms with Gasteiger partial charge in [0.05, 0.1) is 18.4 Å². The summed E-state index contributed by atoms with van der Waals surface area (Å²) in [5.74, 6) is -2.99. The molecular formula is C20H14F2O4S. The van der Waals surface area contributed by atoms with Crippen LogP contribution in [0.3, 0.4) is 0 Å². The number of ether oxygens (including phenoxy) is 1. The fraction of sp³-hybridized carbons (Fsp3) is 0.100. The van der Waals surface area contributed by atoms with E-state index in [1.165, 1.54) is 25.3 Å². The third-order valence-electron chi connectivity index (χ3n) is 3.92. The molecule has 2 aromatic carbocycles. The van der Waals surface area contributed by atoms with Crippen molar-refractivity contribution in [3.63, 3.8) is 0 Å². The molecule has 0 saturated heterocycles. The summed E-state index contributed by atoms with van der Waals surface area (Å²) in [7, 11) is 1.51. The van der Waals surface area contributed by atoms with Crippen molar-refractivity contribution in [1.82, 2.24) is 0 Å². The smallest absolute Gasteiger partial charge is 0.307 e. The number of ketones is 1. The Bertz CT molecular complexity index is 1010. The van der Waals surface area contributed by atoms with E-state index in [0.29, 0.717) is 11.3 Å². The van der Waals surface area contributed by atoms with E-state index in [1.54, 1.807) is 24.3 Å². The van der Waals surface area contributed by atoms with Gasteiger partial charge in [0.15, 0.2) is 11.6 Å². The summed E-state index contributed by atoms with van der Waals surface area (Å²) in [5, 5.41) is 9.12. The largest absolute Gasteiger partial charge is 0.497 e. The second kappa shape index (κ2) is 7.67. The van der Waals surface area contributed by atoms with Crippen LogP contribution in [-0.4, -0.2) is 24.0 Å². The van der Waals surface area contributed by atoms with Crippen LogP contribution in [0, 0.1) is 11.6 Å². The van der Waals surface area contributed by atoms with Crippen molar-refractivity contribution in [2.75, 3.05) is 7.11 Å². The molecule has 3 rings (SSSR count). The summed E-state index contributed by atoms with van der Waals surface area (Å²) >= 11 is 0.940. The molecule has 1 N–H and O–H groups in total. The molecule has 0 aliphatic carbocycles. The first-order chi connectivity index (χ1) is 12.9. The Morgan fingerprint density at radius 2 is 1.81 bits per heavy atom. The van der Waals surface area contributed by atoms with E-state index in [1.807, 2.05) is 0 Å². The SMILES string of the molecule is COc1ccc(C(=O)c2cc(CC(=O)O)c(-c3cccc(F)c3F)s2)cc1. The number of methoxy groups -OCH3 is 1. The van der Waals surface area contributed by atoms with Crippen LogP contribution in [0.4, 0.5) is 8.78 Å². The number of aliphatic carboxylic acids is 1. The lowest BCUT2D eigenvalue weighted by Gasteiger charge is -2.04. The maximum Gasteiger partial charge on any atom is 0.307 e. The van der Waals surface area contributed by atoms with Crippen LogP contribution >= 0.6 is 11.3 Å². The molecule has 0 bridgehead atoms. The van der Waals surface area contributed by atoms with E-state index >= 15 is 0 Å². The Morgan fingerprint density at radius 1 is 1.11 bits per heavy atom. The van der Waals surface area contributed by atoms with Gasteiger partial charge in [-0.15, -0.1) is 11.3 Å². The molecule has 0 spiro atoms. The summed E-state index contributed by atoms with van der Waals surface area (Å²) in [5.41, 5.74) is 0.573. The average Bonchev–Trinajstić information content (AvgIpc) is 3.06.